The first kappa shape index (κ1) is 21.0. The Balaban J connectivity index is 1.58. The van der Waals surface area contributed by atoms with Gasteiger partial charge in [0.05, 0.1) is 18.8 Å². The molecule has 1 fully saturated rings. The number of esters is 1. The zero-order chi connectivity index (χ0) is 21.2. The molecule has 0 radical (unpaired) electrons. The van der Waals surface area contributed by atoms with E-state index < -0.39 is 8.32 Å². The maximum Gasteiger partial charge on any atom is 0.331 e. The van der Waals surface area contributed by atoms with Crippen molar-refractivity contribution in [1.82, 2.24) is 0 Å². The van der Waals surface area contributed by atoms with E-state index in [2.05, 4.69) is 81.4 Å². The number of hydrogen-bond acceptors (Lipinski definition) is 4. The van der Waals surface area contributed by atoms with Crippen LogP contribution in [0.2, 0.25) is 5.04 Å². The summed E-state index contributed by atoms with van der Waals surface area (Å²) in [5, 5.41) is 2.48. The van der Waals surface area contributed by atoms with E-state index in [9.17, 15) is 4.79 Å². The molecule has 0 spiro atoms. The van der Waals surface area contributed by atoms with Crippen molar-refractivity contribution < 1.29 is 18.7 Å². The van der Waals surface area contributed by atoms with Crippen molar-refractivity contribution in [2.75, 3.05) is 6.61 Å². The van der Waals surface area contributed by atoms with Gasteiger partial charge in [-0.2, -0.15) is 0 Å². The topological polar surface area (TPSA) is 44.8 Å². The summed E-state index contributed by atoms with van der Waals surface area (Å²) in [6, 6.07) is 21.3. The second-order valence-electron chi connectivity index (χ2n) is 9.11. The Morgan fingerprint density at radius 1 is 0.967 bits per heavy atom. The summed E-state index contributed by atoms with van der Waals surface area (Å²) in [6.45, 7) is 7.37. The summed E-state index contributed by atoms with van der Waals surface area (Å²) in [6.07, 6.45) is 4.72. The third-order valence-electron chi connectivity index (χ3n) is 6.08. The highest BCUT2D eigenvalue weighted by molar-refractivity contribution is 6.99. The molecule has 0 unspecified atom stereocenters. The van der Waals surface area contributed by atoms with E-state index in [-0.39, 0.29) is 29.3 Å². The van der Waals surface area contributed by atoms with Gasteiger partial charge in [-0.1, -0.05) is 81.4 Å². The molecule has 2 aromatic carbocycles. The Morgan fingerprint density at radius 2 is 1.57 bits per heavy atom. The summed E-state index contributed by atoms with van der Waals surface area (Å²) in [5.74, 6) is -0.282. The van der Waals surface area contributed by atoms with Crippen molar-refractivity contribution in [2.24, 2.45) is 0 Å². The lowest BCUT2D eigenvalue weighted by Crippen LogP contribution is -2.67. The van der Waals surface area contributed by atoms with Crippen molar-refractivity contribution in [3.05, 3.63) is 72.8 Å². The zero-order valence-electron chi connectivity index (χ0n) is 17.9. The molecule has 4 nitrogen and oxygen atoms in total. The first-order valence-corrected chi connectivity index (χ1v) is 12.6. The lowest BCUT2D eigenvalue weighted by molar-refractivity contribution is -0.144. The van der Waals surface area contributed by atoms with Gasteiger partial charge in [0.1, 0.15) is 6.10 Å². The standard InChI is InChI=1S/C25H30O4Si/c1-25(2,3)30(20-10-6-4-7-11-20,21-12-8-5-9-13-21)27-18-19-14-15-22(28-19)23-16-17-24(26)29-23/h4-13,16-17,19,22-23H,14-15,18H2,1-3H3/t19-,22+,23+/m0/s1. The van der Waals surface area contributed by atoms with E-state index >= 15 is 0 Å². The predicted molar refractivity (Wildman–Crippen MR) is 120 cm³/mol. The van der Waals surface area contributed by atoms with Crippen LogP contribution in [0.5, 0.6) is 0 Å². The molecule has 0 bridgehead atoms. The maximum atomic E-state index is 11.4. The number of rotatable bonds is 6. The maximum absolute atomic E-state index is 11.4. The van der Waals surface area contributed by atoms with E-state index in [1.54, 1.807) is 6.08 Å². The van der Waals surface area contributed by atoms with E-state index in [0.29, 0.717) is 6.61 Å². The smallest absolute Gasteiger partial charge is 0.331 e. The number of benzene rings is 2. The van der Waals surface area contributed by atoms with E-state index in [1.165, 1.54) is 16.4 Å². The summed E-state index contributed by atoms with van der Waals surface area (Å²) in [4.78, 5) is 11.4. The first-order valence-electron chi connectivity index (χ1n) is 10.7. The van der Waals surface area contributed by atoms with Crippen LogP contribution >= 0.6 is 0 Å². The molecule has 2 aliphatic heterocycles. The summed E-state index contributed by atoms with van der Waals surface area (Å²) in [5.41, 5.74) is 0. The normalized spacial score (nSPS) is 24.2. The van der Waals surface area contributed by atoms with Crippen molar-refractivity contribution in [1.29, 1.82) is 0 Å². The van der Waals surface area contributed by atoms with Crippen LogP contribution in [0, 0.1) is 0 Å². The Labute approximate surface area is 180 Å². The molecule has 30 heavy (non-hydrogen) atoms. The van der Waals surface area contributed by atoms with Gasteiger partial charge in [0.15, 0.2) is 0 Å². The largest absolute Gasteiger partial charge is 0.452 e. The Morgan fingerprint density at radius 3 is 2.07 bits per heavy atom. The van der Waals surface area contributed by atoms with Gasteiger partial charge in [-0.25, -0.2) is 4.79 Å². The number of carbonyl (C=O) groups is 1. The fourth-order valence-electron chi connectivity index (χ4n) is 4.66. The molecule has 5 heteroatoms. The molecular weight excluding hydrogens is 392 g/mol. The minimum atomic E-state index is -2.56. The molecule has 158 valence electrons. The van der Waals surface area contributed by atoms with Crippen LogP contribution in [0.3, 0.4) is 0 Å². The second-order valence-corrected chi connectivity index (χ2v) is 13.4. The third kappa shape index (κ3) is 4.02. The molecule has 2 aliphatic rings. The first-order chi connectivity index (χ1) is 14.4. The highest BCUT2D eigenvalue weighted by Gasteiger charge is 2.50. The minimum Gasteiger partial charge on any atom is -0.452 e. The van der Waals surface area contributed by atoms with E-state index in [4.69, 9.17) is 13.9 Å². The van der Waals surface area contributed by atoms with Gasteiger partial charge in [0, 0.05) is 6.08 Å². The van der Waals surface area contributed by atoms with Gasteiger partial charge in [0.2, 0.25) is 0 Å². The molecule has 4 rings (SSSR count). The Hall–Kier alpha value is -2.21. The predicted octanol–water partition coefficient (Wildman–Crippen LogP) is 3.59. The molecule has 0 N–H and O–H groups in total. The quantitative estimate of drug-likeness (QED) is 0.527. The van der Waals surface area contributed by atoms with Crippen LogP contribution in [0.1, 0.15) is 33.6 Å². The van der Waals surface area contributed by atoms with Crippen molar-refractivity contribution in [3.8, 4) is 0 Å². The van der Waals surface area contributed by atoms with Gasteiger partial charge in [-0.15, -0.1) is 0 Å². The van der Waals surface area contributed by atoms with E-state index in [0.717, 1.165) is 12.8 Å². The SMILES string of the molecule is CC(C)(C)[Si](OC[C@@H]1CC[C@H]([C@H]2C=CC(=O)O2)O1)(c1ccccc1)c1ccccc1. The summed E-state index contributed by atoms with van der Waals surface area (Å²) in [7, 11) is -2.56. The molecule has 3 atom stereocenters. The highest BCUT2D eigenvalue weighted by atomic mass is 28.4. The highest BCUT2D eigenvalue weighted by Crippen LogP contribution is 2.37. The summed E-state index contributed by atoms with van der Waals surface area (Å²) < 4.78 is 18.5. The molecule has 0 amide bonds. The molecular formula is C25H30O4Si. The average Bonchev–Trinajstić information content (AvgIpc) is 3.38. The van der Waals surface area contributed by atoms with Crippen LogP contribution in [0.15, 0.2) is 72.8 Å². The monoisotopic (exact) mass is 422 g/mol. The number of cyclic esters (lactones) is 1. The number of carbonyl (C=O) groups excluding carboxylic acids is 1. The number of ether oxygens (including phenoxy) is 2. The number of hydrogen-bond donors (Lipinski definition) is 0. The minimum absolute atomic E-state index is 0.00403. The fraction of sp³-hybridized carbons (Fsp3) is 0.400. The third-order valence-corrected chi connectivity index (χ3v) is 11.1. The Kier molecular flexibility index (Phi) is 5.96. The van der Waals surface area contributed by atoms with Gasteiger partial charge >= 0.3 is 5.97 Å². The summed E-state index contributed by atoms with van der Waals surface area (Å²) >= 11 is 0. The van der Waals surface area contributed by atoms with E-state index in [1.807, 2.05) is 0 Å². The van der Waals surface area contributed by atoms with Crippen molar-refractivity contribution in [3.63, 3.8) is 0 Å². The molecule has 1 saturated heterocycles. The van der Waals surface area contributed by atoms with Crippen LogP contribution in [-0.2, 0) is 18.7 Å². The molecule has 0 aliphatic carbocycles. The van der Waals surface area contributed by atoms with Gasteiger partial charge in [-0.3, -0.25) is 0 Å². The van der Waals surface area contributed by atoms with Crippen molar-refractivity contribution >= 4 is 24.7 Å². The van der Waals surface area contributed by atoms with Gasteiger partial charge in [-0.05, 0) is 34.3 Å². The fourth-order valence-corrected chi connectivity index (χ4v) is 9.25. The second kappa shape index (κ2) is 8.50. The lowest BCUT2D eigenvalue weighted by atomic mass is 10.1. The average molecular weight is 423 g/mol. The van der Waals surface area contributed by atoms with Gasteiger partial charge in [0.25, 0.3) is 8.32 Å². The molecule has 2 heterocycles. The van der Waals surface area contributed by atoms with Crippen LogP contribution < -0.4 is 10.4 Å². The molecule has 0 saturated carbocycles. The van der Waals surface area contributed by atoms with Crippen LogP contribution in [-0.4, -0.2) is 39.2 Å². The molecule has 0 aromatic heterocycles. The van der Waals surface area contributed by atoms with Crippen LogP contribution in [0.25, 0.3) is 0 Å². The van der Waals surface area contributed by atoms with Crippen LogP contribution in [0.4, 0.5) is 0 Å². The lowest BCUT2D eigenvalue weighted by Gasteiger charge is -2.43. The van der Waals surface area contributed by atoms with Crippen molar-refractivity contribution in [2.45, 2.75) is 57.0 Å². The Bertz CT molecular complexity index is 849. The van der Waals surface area contributed by atoms with Gasteiger partial charge < -0.3 is 13.9 Å². The zero-order valence-corrected chi connectivity index (χ0v) is 18.9. The molecule has 2 aromatic rings.